The summed E-state index contributed by atoms with van der Waals surface area (Å²) >= 11 is 0. The zero-order valence-corrected chi connectivity index (χ0v) is 9.79. The van der Waals surface area contributed by atoms with Crippen LogP contribution >= 0.6 is 0 Å². The van der Waals surface area contributed by atoms with Crippen molar-refractivity contribution in [3.8, 4) is 11.3 Å². The summed E-state index contributed by atoms with van der Waals surface area (Å²) in [5.74, 6) is -1.06. The van der Waals surface area contributed by atoms with Crippen molar-refractivity contribution in [2.24, 2.45) is 0 Å². The Balaban J connectivity index is 2.59. The van der Waals surface area contributed by atoms with E-state index in [1.165, 1.54) is 12.1 Å². The van der Waals surface area contributed by atoms with Crippen LogP contribution in [0.2, 0.25) is 0 Å². The van der Waals surface area contributed by atoms with Crippen LogP contribution in [-0.2, 0) is 6.18 Å². The molecule has 1 aromatic carbocycles. The second-order valence-corrected chi connectivity index (χ2v) is 4.01. The second kappa shape index (κ2) is 4.49. The van der Waals surface area contributed by atoms with E-state index < -0.39 is 23.6 Å². The highest BCUT2D eigenvalue weighted by Gasteiger charge is 2.33. The van der Waals surface area contributed by atoms with Crippen molar-refractivity contribution in [2.75, 3.05) is 5.73 Å². The van der Waals surface area contributed by atoms with Gasteiger partial charge in [-0.25, -0.2) is 14.4 Å². The summed E-state index contributed by atoms with van der Waals surface area (Å²) in [4.78, 5) is 6.82. The first-order valence-corrected chi connectivity index (χ1v) is 5.25. The molecular weight excluding hydrogens is 262 g/mol. The van der Waals surface area contributed by atoms with Gasteiger partial charge in [0.15, 0.2) is 5.69 Å². The number of aromatic nitrogens is 2. The van der Waals surface area contributed by atoms with Crippen LogP contribution in [0.4, 0.5) is 23.5 Å². The third kappa shape index (κ3) is 2.98. The first-order valence-electron chi connectivity index (χ1n) is 5.25. The van der Waals surface area contributed by atoms with Crippen molar-refractivity contribution in [1.29, 1.82) is 0 Å². The molecule has 1 aromatic heterocycles. The van der Waals surface area contributed by atoms with E-state index in [4.69, 9.17) is 5.73 Å². The lowest BCUT2D eigenvalue weighted by Crippen LogP contribution is -2.11. The van der Waals surface area contributed by atoms with E-state index in [-0.39, 0.29) is 11.3 Å². The van der Waals surface area contributed by atoms with E-state index in [1.807, 2.05) is 0 Å². The van der Waals surface area contributed by atoms with Gasteiger partial charge in [0, 0.05) is 5.56 Å². The Hall–Kier alpha value is -2.18. The van der Waals surface area contributed by atoms with E-state index in [0.29, 0.717) is 5.56 Å². The average molecular weight is 271 g/mol. The fourth-order valence-electron chi connectivity index (χ4n) is 1.64. The fourth-order valence-corrected chi connectivity index (χ4v) is 1.64. The fraction of sp³-hybridized carbons (Fsp3) is 0.167. The Morgan fingerprint density at radius 1 is 1.05 bits per heavy atom. The molecule has 0 radical (unpaired) electrons. The highest BCUT2D eigenvalue weighted by Crippen LogP contribution is 2.31. The number of benzene rings is 1. The molecule has 0 aliphatic heterocycles. The highest BCUT2D eigenvalue weighted by molar-refractivity contribution is 5.61. The quantitative estimate of drug-likeness (QED) is 0.810. The van der Waals surface area contributed by atoms with Crippen LogP contribution in [0.1, 0.15) is 11.3 Å². The Kier molecular flexibility index (Phi) is 3.13. The molecule has 0 amide bonds. The molecule has 0 saturated heterocycles. The van der Waals surface area contributed by atoms with Crippen molar-refractivity contribution in [3.05, 3.63) is 41.3 Å². The van der Waals surface area contributed by atoms with Gasteiger partial charge in [0.05, 0.1) is 5.69 Å². The third-order valence-corrected chi connectivity index (χ3v) is 2.37. The van der Waals surface area contributed by atoms with Gasteiger partial charge in [0.25, 0.3) is 0 Å². The maximum atomic E-state index is 13.3. The summed E-state index contributed by atoms with van der Waals surface area (Å²) in [6.07, 6.45) is -4.63. The molecule has 1 heterocycles. The molecular formula is C12H9F4N3. The number of alkyl halides is 3. The van der Waals surface area contributed by atoms with Crippen LogP contribution < -0.4 is 5.73 Å². The van der Waals surface area contributed by atoms with Crippen LogP contribution in [0.5, 0.6) is 0 Å². The smallest absolute Gasteiger partial charge is 0.368 e. The average Bonchev–Trinajstić information content (AvgIpc) is 2.25. The third-order valence-electron chi connectivity index (χ3n) is 2.37. The van der Waals surface area contributed by atoms with Gasteiger partial charge in [-0.15, -0.1) is 0 Å². The van der Waals surface area contributed by atoms with Gasteiger partial charge in [-0.1, -0.05) is 0 Å². The van der Waals surface area contributed by atoms with Gasteiger partial charge in [0.1, 0.15) is 5.82 Å². The first kappa shape index (κ1) is 13.3. The number of halogens is 4. The van der Waals surface area contributed by atoms with Crippen LogP contribution in [0.25, 0.3) is 11.3 Å². The predicted molar refractivity (Wildman–Crippen MR) is 61.6 cm³/mol. The van der Waals surface area contributed by atoms with E-state index in [2.05, 4.69) is 9.97 Å². The minimum Gasteiger partial charge on any atom is -0.368 e. The minimum absolute atomic E-state index is 0.0672. The number of aryl methyl sites for hydroxylation is 1. The van der Waals surface area contributed by atoms with Crippen LogP contribution in [0, 0.1) is 12.7 Å². The van der Waals surface area contributed by atoms with Crippen LogP contribution in [-0.4, -0.2) is 9.97 Å². The Labute approximate surface area is 106 Å². The molecule has 0 unspecified atom stereocenters. The first-order chi connectivity index (χ1) is 8.75. The van der Waals surface area contributed by atoms with Gasteiger partial charge >= 0.3 is 6.18 Å². The van der Waals surface area contributed by atoms with E-state index >= 15 is 0 Å². The molecule has 0 fully saturated rings. The summed E-state index contributed by atoms with van der Waals surface area (Å²) < 4.78 is 51.1. The largest absolute Gasteiger partial charge is 0.433 e. The monoisotopic (exact) mass is 271 g/mol. The molecule has 2 aromatic rings. The van der Waals surface area contributed by atoms with Gasteiger partial charge in [-0.3, -0.25) is 0 Å². The Morgan fingerprint density at radius 3 is 2.32 bits per heavy atom. The van der Waals surface area contributed by atoms with E-state index in [9.17, 15) is 17.6 Å². The summed E-state index contributed by atoms with van der Waals surface area (Å²) in [5, 5.41) is 0. The predicted octanol–water partition coefficient (Wildman–Crippen LogP) is 3.19. The summed E-state index contributed by atoms with van der Waals surface area (Å²) in [5.41, 5.74) is 4.82. The maximum Gasteiger partial charge on any atom is 0.433 e. The maximum absolute atomic E-state index is 13.3. The summed E-state index contributed by atoms with van der Waals surface area (Å²) in [7, 11) is 0. The van der Waals surface area contributed by atoms with Gasteiger partial charge in [0.2, 0.25) is 5.95 Å². The van der Waals surface area contributed by atoms with Crippen LogP contribution in [0.3, 0.4) is 0 Å². The normalized spacial score (nSPS) is 11.6. The lowest BCUT2D eigenvalue weighted by atomic mass is 10.1. The van der Waals surface area contributed by atoms with Gasteiger partial charge in [-0.2, -0.15) is 13.2 Å². The topological polar surface area (TPSA) is 51.8 Å². The molecule has 7 heteroatoms. The molecule has 3 nitrogen and oxygen atoms in total. The Bertz CT molecular complexity index is 603. The van der Waals surface area contributed by atoms with E-state index in [1.54, 1.807) is 6.92 Å². The van der Waals surface area contributed by atoms with Crippen molar-refractivity contribution in [1.82, 2.24) is 9.97 Å². The number of nitrogens with two attached hydrogens (primary N) is 1. The van der Waals surface area contributed by atoms with Crippen molar-refractivity contribution < 1.29 is 17.6 Å². The van der Waals surface area contributed by atoms with Crippen molar-refractivity contribution in [3.63, 3.8) is 0 Å². The zero-order valence-electron chi connectivity index (χ0n) is 9.79. The number of rotatable bonds is 1. The van der Waals surface area contributed by atoms with E-state index in [0.717, 1.165) is 12.1 Å². The summed E-state index contributed by atoms with van der Waals surface area (Å²) in [6, 6.07) is 4.61. The van der Waals surface area contributed by atoms with Crippen molar-refractivity contribution in [2.45, 2.75) is 13.1 Å². The van der Waals surface area contributed by atoms with Crippen LogP contribution in [0.15, 0.2) is 24.3 Å². The highest BCUT2D eigenvalue weighted by atomic mass is 19.4. The zero-order chi connectivity index (χ0) is 14.2. The SMILES string of the molecule is Cc1cc(F)cc(-c2cc(C(F)(F)F)nc(N)n2)c1. The molecule has 19 heavy (non-hydrogen) atoms. The minimum atomic E-state index is -4.63. The molecule has 100 valence electrons. The number of hydrogen-bond donors (Lipinski definition) is 1. The molecule has 0 atom stereocenters. The molecule has 0 bridgehead atoms. The molecule has 2 rings (SSSR count). The molecule has 2 N–H and O–H groups in total. The molecule has 0 spiro atoms. The standard InChI is InChI=1S/C12H9F4N3/c1-6-2-7(4-8(13)3-6)9-5-10(12(14,15)16)19-11(17)18-9/h2-5H,1H3,(H2,17,18,19). The number of nitrogens with zero attached hydrogens (tertiary/aromatic N) is 2. The number of nitrogen functional groups attached to an aromatic ring is 1. The van der Waals surface area contributed by atoms with Gasteiger partial charge in [-0.05, 0) is 36.8 Å². The van der Waals surface area contributed by atoms with Gasteiger partial charge < -0.3 is 5.73 Å². The Morgan fingerprint density at radius 2 is 1.74 bits per heavy atom. The summed E-state index contributed by atoms with van der Waals surface area (Å²) in [6.45, 7) is 1.63. The number of hydrogen-bond acceptors (Lipinski definition) is 3. The van der Waals surface area contributed by atoms with Crippen molar-refractivity contribution >= 4 is 5.95 Å². The lowest BCUT2D eigenvalue weighted by molar-refractivity contribution is -0.141. The molecule has 0 aliphatic rings. The molecule has 0 aliphatic carbocycles. The lowest BCUT2D eigenvalue weighted by Gasteiger charge is -2.09. The molecule has 0 saturated carbocycles. The number of anilines is 1. The second-order valence-electron chi connectivity index (χ2n) is 4.01.